The van der Waals surface area contributed by atoms with Gasteiger partial charge in [0.15, 0.2) is 0 Å². The molecule has 30 heavy (non-hydrogen) atoms. The van der Waals surface area contributed by atoms with Gasteiger partial charge in [0, 0.05) is 18.7 Å². The number of carbonyl (C=O) groups excluding carboxylic acids is 1. The summed E-state index contributed by atoms with van der Waals surface area (Å²) >= 11 is 0. The number of methoxy groups -OCH3 is 1. The number of aromatic nitrogens is 2. The smallest absolute Gasteiger partial charge is 0.273 e. The lowest BCUT2D eigenvalue weighted by molar-refractivity contribution is 0.102. The molecule has 9 heteroatoms. The lowest BCUT2D eigenvalue weighted by atomic mass is 10.1. The van der Waals surface area contributed by atoms with Crippen LogP contribution in [-0.4, -0.2) is 49.0 Å². The highest BCUT2D eigenvalue weighted by molar-refractivity contribution is 7.89. The van der Waals surface area contributed by atoms with E-state index >= 15 is 0 Å². The minimum atomic E-state index is -3.67. The highest BCUT2D eigenvalue weighted by Crippen LogP contribution is 2.29. The predicted octanol–water partition coefficient (Wildman–Crippen LogP) is 3.37. The molecule has 0 radical (unpaired) electrons. The van der Waals surface area contributed by atoms with E-state index in [4.69, 9.17) is 4.74 Å². The van der Waals surface area contributed by atoms with Crippen LogP contribution >= 0.6 is 0 Å². The van der Waals surface area contributed by atoms with Gasteiger partial charge in [0.1, 0.15) is 11.4 Å². The minimum absolute atomic E-state index is 0.0804. The second kappa shape index (κ2) is 9.10. The lowest BCUT2D eigenvalue weighted by Gasteiger charge is -2.19. The summed E-state index contributed by atoms with van der Waals surface area (Å²) in [4.78, 5) is 12.8. The van der Waals surface area contributed by atoms with Crippen LogP contribution in [0.25, 0.3) is 11.3 Å². The Hall–Kier alpha value is -3.17. The Labute approximate surface area is 175 Å². The van der Waals surface area contributed by atoms with Crippen LogP contribution in [-0.2, 0) is 10.0 Å². The maximum Gasteiger partial charge on any atom is 0.273 e. The number of rotatable bonds is 8. The Balaban J connectivity index is 1.89. The Morgan fingerprint density at radius 2 is 1.80 bits per heavy atom. The van der Waals surface area contributed by atoms with Crippen LogP contribution in [0.1, 0.15) is 24.3 Å². The zero-order valence-electron chi connectivity index (χ0n) is 17.0. The number of carbonyl (C=O) groups is 1. The normalized spacial score (nSPS) is 11.5. The van der Waals surface area contributed by atoms with Gasteiger partial charge in [0.05, 0.1) is 23.4 Å². The van der Waals surface area contributed by atoms with Gasteiger partial charge in [0.2, 0.25) is 10.0 Å². The molecular formula is C21H24N4O4S. The van der Waals surface area contributed by atoms with Crippen LogP contribution in [0, 0.1) is 0 Å². The summed E-state index contributed by atoms with van der Waals surface area (Å²) in [6.45, 7) is 4.25. The monoisotopic (exact) mass is 428 g/mol. The van der Waals surface area contributed by atoms with Crippen molar-refractivity contribution in [3.05, 3.63) is 60.3 Å². The number of benzene rings is 2. The van der Waals surface area contributed by atoms with Crippen LogP contribution < -0.4 is 10.1 Å². The molecule has 2 N–H and O–H groups in total. The molecule has 0 saturated carbocycles. The van der Waals surface area contributed by atoms with Crippen molar-refractivity contribution in [1.82, 2.24) is 14.5 Å². The van der Waals surface area contributed by atoms with Crippen LogP contribution in [0.3, 0.4) is 0 Å². The Morgan fingerprint density at radius 1 is 1.10 bits per heavy atom. The summed E-state index contributed by atoms with van der Waals surface area (Å²) in [6.07, 6.45) is 0. The molecule has 0 bridgehead atoms. The number of sulfonamides is 1. The van der Waals surface area contributed by atoms with Crippen LogP contribution in [0.5, 0.6) is 5.75 Å². The minimum Gasteiger partial charge on any atom is -0.495 e. The molecule has 0 aliphatic rings. The third-order valence-corrected chi connectivity index (χ3v) is 6.70. The summed E-state index contributed by atoms with van der Waals surface area (Å²) in [5.41, 5.74) is 2.00. The first-order valence-corrected chi connectivity index (χ1v) is 10.9. The number of nitrogens with one attached hydrogen (secondary N) is 2. The number of nitrogens with zero attached hydrogens (tertiary/aromatic N) is 2. The highest BCUT2D eigenvalue weighted by Gasteiger charge is 2.23. The average molecular weight is 429 g/mol. The topological polar surface area (TPSA) is 104 Å². The zero-order valence-corrected chi connectivity index (χ0v) is 17.9. The van der Waals surface area contributed by atoms with Gasteiger partial charge in [-0.3, -0.25) is 9.89 Å². The van der Waals surface area contributed by atoms with Crippen molar-refractivity contribution >= 4 is 21.6 Å². The molecule has 3 rings (SSSR count). The third kappa shape index (κ3) is 4.37. The van der Waals surface area contributed by atoms with Crippen molar-refractivity contribution in [3.8, 4) is 17.0 Å². The summed E-state index contributed by atoms with van der Waals surface area (Å²) < 4.78 is 32.3. The third-order valence-electron chi connectivity index (χ3n) is 4.65. The van der Waals surface area contributed by atoms with E-state index in [1.807, 2.05) is 30.3 Å². The molecule has 0 atom stereocenters. The van der Waals surface area contributed by atoms with E-state index in [0.29, 0.717) is 24.5 Å². The number of ether oxygens (including phenoxy) is 1. The first kappa shape index (κ1) is 21.5. The van der Waals surface area contributed by atoms with E-state index in [9.17, 15) is 13.2 Å². The van der Waals surface area contributed by atoms with Crippen LogP contribution in [0.15, 0.2) is 59.5 Å². The number of H-pyrrole nitrogens is 1. The molecule has 0 saturated heterocycles. The quantitative estimate of drug-likeness (QED) is 0.572. The summed E-state index contributed by atoms with van der Waals surface area (Å²) in [6, 6.07) is 15.5. The van der Waals surface area contributed by atoms with Gasteiger partial charge in [-0.1, -0.05) is 44.2 Å². The summed E-state index contributed by atoms with van der Waals surface area (Å²) in [7, 11) is -2.22. The maximum atomic E-state index is 12.8. The van der Waals surface area contributed by atoms with Crippen molar-refractivity contribution in [3.63, 3.8) is 0 Å². The van der Waals surface area contributed by atoms with E-state index in [2.05, 4.69) is 15.5 Å². The Bertz CT molecular complexity index is 1120. The van der Waals surface area contributed by atoms with E-state index in [-0.39, 0.29) is 16.3 Å². The zero-order chi connectivity index (χ0) is 21.7. The predicted molar refractivity (Wildman–Crippen MR) is 115 cm³/mol. The van der Waals surface area contributed by atoms with Gasteiger partial charge in [-0.05, 0) is 24.3 Å². The Morgan fingerprint density at radius 3 is 2.43 bits per heavy atom. The van der Waals surface area contributed by atoms with E-state index in [0.717, 1.165) is 5.56 Å². The van der Waals surface area contributed by atoms with Crippen molar-refractivity contribution in [2.24, 2.45) is 0 Å². The van der Waals surface area contributed by atoms with Crippen molar-refractivity contribution < 1.29 is 17.9 Å². The molecule has 0 fully saturated rings. The number of hydrogen-bond acceptors (Lipinski definition) is 5. The fourth-order valence-electron chi connectivity index (χ4n) is 3.04. The largest absolute Gasteiger partial charge is 0.495 e. The molecule has 1 aromatic heterocycles. The van der Waals surface area contributed by atoms with Crippen molar-refractivity contribution in [2.75, 3.05) is 25.5 Å². The van der Waals surface area contributed by atoms with Crippen molar-refractivity contribution in [2.45, 2.75) is 18.7 Å². The van der Waals surface area contributed by atoms with Gasteiger partial charge in [-0.15, -0.1) is 0 Å². The molecule has 8 nitrogen and oxygen atoms in total. The molecule has 0 unspecified atom stereocenters. The van der Waals surface area contributed by atoms with Crippen molar-refractivity contribution in [1.29, 1.82) is 0 Å². The van der Waals surface area contributed by atoms with Crippen LogP contribution in [0.4, 0.5) is 5.69 Å². The lowest BCUT2D eigenvalue weighted by Crippen LogP contribution is -2.30. The van der Waals surface area contributed by atoms with Gasteiger partial charge in [0.25, 0.3) is 5.91 Å². The van der Waals surface area contributed by atoms with Gasteiger partial charge in [-0.25, -0.2) is 8.42 Å². The maximum absolute atomic E-state index is 12.8. The second-order valence-corrected chi connectivity index (χ2v) is 8.38. The molecule has 0 aliphatic heterocycles. The summed E-state index contributed by atoms with van der Waals surface area (Å²) in [5, 5.41) is 9.60. The molecule has 0 spiro atoms. The number of aromatic amines is 1. The summed E-state index contributed by atoms with van der Waals surface area (Å²) in [5.74, 6) is -0.106. The van der Waals surface area contributed by atoms with E-state index in [1.54, 1.807) is 19.9 Å². The first-order chi connectivity index (χ1) is 14.4. The van der Waals surface area contributed by atoms with E-state index in [1.165, 1.54) is 29.6 Å². The number of hydrogen-bond donors (Lipinski definition) is 2. The fourth-order valence-corrected chi connectivity index (χ4v) is 4.53. The second-order valence-electron chi connectivity index (χ2n) is 6.44. The molecule has 158 valence electrons. The first-order valence-electron chi connectivity index (χ1n) is 9.51. The molecule has 2 aromatic carbocycles. The molecular weight excluding hydrogens is 404 g/mol. The number of anilines is 1. The average Bonchev–Trinajstić information content (AvgIpc) is 3.25. The molecule has 1 amide bonds. The SMILES string of the molecule is CCN(CC)S(=O)(=O)c1ccc(OC)c(NC(=O)c2cc(-c3ccccc3)n[nH]2)c1. The Kier molecular flexibility index (Phi) is 6.53. The number of amides is 1. The van der Waals surface area contributed by atoms with Crippen LogP contribution in [0.2, 0.25) is 0 Å². The van der Waals surface area contributed by atoms with Gasteiger partial charge in [-0.2, -0.15) is 9.40 Å². The molecule has 3 aromatic rings. The van der Waals surface area contributed by atoms with Gasteiger partial charge < -0.3 is 10.1 Å². The fraction of sp³-hybridized carbons (Fsp3) is 0.238. The molecule has 0 aliphatic carbocycles. The van der Waals surface area contributed by atoms with E-state index < -0.39 is 15.9 Å². The van der Waals surface area contributed by atoms with Gasteiger partial charge >= 0.3 is 0 Å². The highest BCUT2D eigenvalue weighted by atomic mass is 32.2. The molecule has 1 heterocycles. The standard InChI is InChI=1S/C21H24N4O4S/c1-4-25(5-2)30(27,28)16-11-12-20(29-3)18(13-16)22-21(26)19-14-17(23-24-19)15-9-7-6-8-10-15/h6-14H,4-5H2,1-3H3,(H,22,26)(H,23,24).